The van der Waals surface area contributed by atoms with Crippen LogP contribution in [0.4, 0.5) is 0 Å². The van der Waals surface area contributed by atoms with Gasteiger partial charge >= 0.3 is 0 Å². The fourth-order valence-electron chi connectivity index (χ4n) is 4.94. The number of hydrogen-bond acceptors (Lipinski definition) is 5. The van der Waals surface area contributed by atoms with Gasteiger partial charge in [-0.1, -0.05) is 6.07 Å². The van der Waals surface area contributed by atoms with Crippen molar-refractivity contribution in [1.29, 1.82) is 5.26 Å². The third-order valence-corrected chi connectivity index (χ3v) is 6.53. The number of aromatic nitrogens is 1. The van der Waals surface area contributed by atoms with Crippen molar-refractivity contribution in [1.82, 2.24) is 9.88 Å². The molecule has 1 saturated carbocycles. The van der Waals surface area contributed by atoms with E-state index in [1.54, 1.807) is 7.11 Å². The normalized spacial score (nSPS) is 22.4. The molecule has 1 aliphatic carbocycles. The second kappa shape index (κ2) is 8.16. The van der Waals surface area contributed by atoms with E-state index in [4.69, 9.17) is 14.2 Å². The van der Waals surface area contributed by atoms with Gasteiger partial charge in [0.25, 0.3) is 0 Å². The summed E-state index contributed by atoms with van der Waals surface area (Å²) in [4.78, 5) is 0. The van der Waals surface area contributed by atoms with Crippen molar-refractivity contribution in [2.45, 2.75) is 37.3 Å². The highest BCUT2D eigenvalue weighted by molar-refractivity contribution is 5.86. The summed E-state index contributed by atoms with van der Waals surface area (Å²) in [6.07, 6.45) is 5.56. The Balaban J connectivity index is 1.23. The molecule has 1 N–H and O–H groups in total. The van der Waals surface area contributed by atoms with E-state index >= 15 is 0 Å². The third kappa shape index (κ3) is 3.70. The average molecular weight is 418 g/mol. The molecule has 3 aromatic rings. The van der Waals surface area contributed by atoms with Crippen molar-refractivity contribution in [3.05, 3.63) is 53.7 Å². The lowest BCUT2D eigenvalue weighted by molar-refractivity contribution is 0.0844. The van der Waals surface area contributed by atoms with Gasteiger partial charge in [0.15, 0.2) is 11.5 Å². The predicted molar refractivity (Wildman–Crippen MR) is 119 cm³/mol. The van der Waals surface area contributed by atoms with Gasteiger partial charge in [-0.25, -0.2) is 0 Å². The molecule has 1 aromatic heterocycles. The van der Waals surface area contributed by atoms with Gasteiger partial charge < -0.3 is 24.1 Å². The molecule has 0 radical (unpaired) electrons. The summed E-state index contributed by atoms with van der Waals surface area (Å²) in [7, 11) is 3.72. The summed E-state index contributed by atoms with van der Waals surface area (Å²) in [5, 5.41) is 14.2. The van der Waals surface area contributed by atoms with Crippen molar-refractivity contribution in [3.63, 3.8) is 0 Å². The number of fused-ring (bicyclic) bond motifs is 2. The van der Waals surface area contributed by atoms with Gasteiger partial charge in [-0.2, -0.15) is 5.26 Å². The Bertz CT molecular complexity index is 1130. The Morgan fingerprint density at radius 3 is 3.00 bits per heavy atom. The fraction of sp³-hybridized carbons (Fsp3) is 0.400. The Morgan fingerprint density at radius 1 is 1.26 bits per heavy atom. The second-order valence-corrected chi connectivity index (χ2v) is 8.49. The first kappa shape index (κ1) is 19.8. The first-order valence-electron chi connectivity index (χ1n) is 10.8. The molecule has 6 heteroatoms. The molecular weight excluding hydrogens is 390 g/mol. The summed E-state index contributed by atoms with van der Waals surface area (Å²) in [6, 6.07) is 14.4. The van der Waals surface area contributed by atoms with Crippen molar-refractivity contribution in [2.24, 2.45) is 7.05 Å². The van der Waals surface area contributed by atoms with E-state index in [0.717, 1.165) is 37.1 Å². The molecule has 1 fully saturated rings. The zero-order chi connectivity index (χ0) is 21.4. The van der Waals surface area contributed by atoms with Crippen molar-refractivity contribution < 1.29 is 14.2 Å². The standard InChI is InChI=1S/C25H27N3O3/c1-28-14-21(20-10-16(12-26)6-9-22(20)28)17-7-8-18(11-17)27-13-19-15-30-24-5-3-4-23(29-2)25(24)31-19/h3-6,9-10,14,17-19,27H,7-8,11,13,15H2,1-2H3/t17?,18?,19-/m0/s1. The van der Waals surface area contributed by atoms with Crippen LogP contribution < -0.4 is 19.5 Å². The van der Waals surface area contributed by atoms with Crippen LogP contribution in [0.25, 0.3) is 10.9 Å². The van der Waals surface area contributed by atoms with Crippen LogP contribution in [-0.2, 0) is 7.05 Å². The number of hydrogen-bond donors (Lipinski definition) is 1. The Labute approximate surface area is 182 Å². The number of ether oxygens (including phenoxy) is 3. The smallest absolute Gasteiger partial charge is 0.204 e. The molecule has 0 saturated heterocycles. The van der Waals surface area contributed by atoms with E-state index in [2.05, 4.69) is 35.3 Å². The number of nitrogens with zero attached hydrogens (tertiary/aromatic N) is 2. The van der Waals surface area contributed by atoms with Gasteiger partial charge in [0.1, 0.15) is 12.7 Å². The molecule has 0 spiro atoms. The van der Waals surface area contributed by atoms with Gasteiger partial charge in [-0.3, -0.25) is 0 Å². The topological polar surface area (TPSA) is 68.4 Å². The molecule has 2 aromatic carbocycles. The van der Waals surface area contributed by atoms with E-state index < -0.39 is 0 Å². The molecule has 0 bridgehead atoms. The molecule has 5 rings (SSSR count). The molecule has 3 atom stereocenters. The van der Waals surface area contributed by atoms with Crippen LogP contribution in [0.2, 0.25) is 0 Å². The van der Waals surface area contributed by atoms with E-state index in [0.29, 0.717) is 30.1 Å². The van der Waals surface area contributed by atoms with Crippen LogP contribution in [0.5, 0.6) is 17.2 Å². The fourth-order valence-corrected chi connectivity index (χ4v) is 4.94. The summed E-state index contributed by atoms with van der Waals surface area (Å²) in [6.45, 7) is 1.27. The highest BCUT2D eigenvalue weighted by Crippen LogP contribution is 2.41. The first-order valence-corrected chi connectivity index (χ1v) is 10.8. The SMILES string of the molecule is COc1cccc2c1O[C@@H](CNC1CCC(c3cn(C)c4ccc(C#N)cc34)C1)CO2. The number of para-hydroxylation sites is 1. The van der Waals surface area contributed by atoms with Gasteiger partial charge in [0, 0.05) is 36.7 Å². The molecule has 6 nitrogen and oxygen atoms in total. The Kier molecular flexibility index (Phi) is 5.21. The molecule has 2 unspecified atom stereocenters. The van der Waals surface area contributed by atoms with Crippen LogP contribution >= 0.6 is 0 Å². The number of aryl methyl sites for hydroxylation is 1. The number of methoxy groups -OCH3 is 1. The molecular formula is C25H27N3O3. The number of rotatable bonds is 5. The molecule has 2 heterocycles. The molecule has 2 aliphatic rings. The van der Waals surface area contributed by atoms with Gasteiger partial charge in [-0.15, -0.1) is 0 Å². The highest BCUT2D eigenvalue weighted by atomic mass is 16.6. The van der Waals surface area contributed by atoms with Gasteiger partial charge in [0.2, 0.25) is 5.75 Å². The maximum atomic E-state index is 9.29. The van der Waals surface area contributed by atoms with Crippen molar-refractivity contribution >= 4 is 10.9 Å². The summed E-state index contributed by atoms with van der Waals surface area (Å²) < 4.78 is 19.6. The lowest BCUT2D eigenvalue weighted by atomic mass is 9.96. The highest BCUT2D eigenvalue weighted by Gasteiger charge is 2.30. The minimum absolute atomic E-state index is 0.0430. The monoisotopic (exact) mass is 417 g/mol. The predicted octanol–water partition coefficient (Wildman–Crippen LogP) is 4.12. The Morgan fingerprint density at radius 2 is 2.16 bits per heavy atom. The minimum atomic E-state index is -0.0430. The largest absolute Gasteiger partial charge is 0.493 e. The van der Waals surface area contributed by atoms with Gasteiger partial charge in [0.05, 0.1) is 18.7 Å². The summed E-state index contributed by atoms with van der Waals surface area (Å²) in [5.74, 6) is 2.64. The van der Waals surface area contributed by atoms with Crippen LogP contribution in [-0.4, -0.2) is 37.0 Å². The average Bonchev–Trinajstić information content (AvgIpc) is 3.41. The van der Waals surface area contributed by atoms with E-state index in [1.807, 2.05) is 30.3 Å². The van der Waals surface area contributed by atoms with Crippen LogP contribution in [0.1, 0.15) is 36.3 Å². The van der Waals surface area contributed by atoms with E-state index in [1.165, 1.54) is 16.5 Å². The molecule has 160 valence electrons. The number of nitrogens with one attached hydrogen (secondary N) is 1. The van der Waals surface area contributed by atoms with Crippen LogP contribution in [0.15, 0.2) is 42.6 Å². The van der Waals surface area contributed by atoms with E-state index in [-0.39, 0.29) is 6.10 Å². The zero-order valence-corrected chi connectivity index (χ0v) is 17.9. The lowest BCUT2D eigenvalue weighted by Gasteiger charge is -2.28. The number of benzene rings is 2. The lowest BCUT2D eigenvalue weighted by Crippen LogP contribution is -2.41. The third-order valence-electron chi connectivity index (χ3n) is 6.53. The maximum absolute atomic E-state index is 9.29. The summed E-state index contributed by atoms with van der Waals surface area (Å²) >= 11 is 0. The first-order chi connectivity index (χ1) is 15.2. The second-order valence-electron chi connectivity index (χ2n) is 8.49. The van der Waals surface area contributed by atoms with E-state index in [9.17, 15) is 5.26 Å². The molecule has 31 heavy (non-hydrogen) atoms. The quantitative estimate of drug-likeness (QED) is 0.676. The van der Waals surface area contributed by atoms with Crippen molar-refractivity contribution in [3.8, 4) is 23.3 Å². The summed E-state index contributed by atoms with van der Waals surface area (Å²) in [5.41, 5.74) is 3.26. The van der Waals surface area contributed by atoms with Gasteiger partial charge in [-0.05, 0) is 61.1 Å². The molecule has 0 amide bonds. The number of nitriles is 1. The van der Waals surface area contributed by atoms with Crippen LogP contribution in [0, 0.1) is 11.3 Å². The van der Waals surface area contributed by atoms with Crippen LogP contribution in [0.3, 0.4) is 0 Å². The zero-order valence-electron chi connectivity index (χ0n) is 17.9. The maximum Gasteiger partial charge on any atom is 0.204 e. The van der Waals surface area contributed by atoms with Crippen molar-refractivity contribution in [2.75, 3.05) is 20.3 Å². The Hall–Kier alpha value is -3.17. The molecule has 1 aliphatic heterocycles. The minimum Gasteiger partial charge on any atom is -0.493 e.